The Hall–Kier alpha value is -1.45. The van der Waals surface area contributed by atoms with E-state index in [1.165, 1.54) is 5.69 Å². The Bertz CT molecular complexity index is 546. The number of benzene rings is 1. The maximum absolute atomic E-state index is 6.05. The highest BCUT2D eigenvalue weighted by Crippen LogP contribution is 2.22. The Morgan fingerprint density at radius 2 is 1.95 bits per heavy atom. The summed E-state index contributed by atoms with van der Waals surface area (Å²) in [6.07, 6.45) is 2.58. The van der Waals surface area contributed by atoms with E-state index in [1.807, 2.05) is 18.2 Å². The molecule has 0 atom stereocenters. The lowest BCUT2D eigenvalue weighted by molar-refractivity contribution is 0.814. The van der Waals surface area contributed by atoms with Gasteiger partial charge in [0, 0.05) is 32.0 Å². The first-order valence-corrected chi connectivity index (χ1v) is 7.23. The van der Waals surface area contributed by atoms with Gasteiger partial charge in [-0.3, -0.25) is 0 Å². The van der Waals surface area contributed by atoms with Gasteiger partial charge < -0.3 is 10.2 Å². The minimum Gasteiger partial charge on any atom is -0.375 e. The molecule has 20 heavy (non-hydrogen) atoms. The van der Waals surface area contributed by atoms with Gasteiger partial charge in [-0.05, 0) is 24.6 Å². The summed E-state index contributed by atoms with van der Waals surface area (Å²) in [5.74, 6) is 0.679. The fraction of sp³-hybridized carbons (Fsp3) is 0.267. The van der Waals surface area contributed by atoms with E-state index in [-0.39, 0.29) is 0 Å². The first-order chi connectivity index (χ1) is 9.66. The van der Waals surface area contributed by atoms with Gasteiger partial charge in [0.05, 0.1) is 10.0 Å². The third-order valence-corrected chi connectivity index (χ3v) is 3.46. The Kier molecular flexibility index (Phi) is 5.50. The van der Waals surface area contributed by atoms with E-state index in [1.54, 1.807) is 12.3 Å². The monoisotopic (exact) mass is 309 g/mol. The van der Waals surface area contributed by atoms with Gasteiger partial charge in [-0.1, -0.05) is 41.4 Å². The highest BCUT2D eigenvalue weighted by atomic mass is 35.5. The topological polar surface area (TPSA) is 28.2 Å². The summed E-state index contributed by atoms with van der Waals surface area (Å²) in [7, 11) is 2.09. The van der Waals surface area contributed by atoms with Crippen molar-refractivity contribution in [3.63, 3.8) is 0 Å². The molecule has 0 fully saturated rings. The zero-order valence-electron chi connectivity index (χ0n) is 11.3. The lowest BCUT2D eigenvalue weighted by Gasteiger charge is -2.19. The van der Waals surface area contributed by atoms with Gasteiger partial charge in [0.1, 0.15) is 5.82 Å². The van der Waals surface area contributed by atoms with Crippen molar-refractivity contribution in [2.75, 3.05) is 30.4 Å². The van der Waals surface area contributed by atoms with Crippen LogP contribution in [-0.2, 0) is 0 Å². The number of halogens is 2. The summed E-state index contributed by atoms with van der Waals surface area (Å²) < 4.78 is 0. The summed E-state index contributed by atoms with van der Waals surface area (Å²) >= 11 is 11.9. The predicted molar refractivity (Wildman–Crippen MR) is 87.1 cm³/mol. The van der Waals surface area contributed by atoms with Crippen molar-refractivity contribution in [2.24, 2.45) is 0 Å². The van der Waals surface area contributed by atoms with E-state index >= 15 is 0 Å². The third-order valence-electron chi connectivity index (χ3n) is 2.97. The number of hydrogen-bond acceptors (Lipinski definition) is 3. The van der Waals surface area contributed by atoms with Crippen molar-refractivity contribution in [1.29, 1.82) is 0 Å². The largest absolute Gasteiger partial charge is 0.375 e. The summed E-state index contributed by atoms with van der Waals surface area (Å²) in [4.78, 5) is 6.38. The van der Waals surface area contributed by atoms with Crippen molar-refractivity contribution in [3.8, 4) is 0 Å². The fourth-order valence-corrected chi connectivity index (χ4v) is 2.33. The van der Waals surface area contributed by atoms with E-state index in [9.17, 15) is 0 Å². The number of anilines is 2. The van der Waals surface area contributed by atoms with Crippen molar-refractivity contribution in [2.45, 2.75) is 6.42 Å². The van der Waals surface area contributed by atoms with Crippen molar-refractivity contribution in [3.05, 3.63) is 52.6 Å². The second-order valence-electron chi connectivity index (χ2n) is 4.52. The van der Waals surface area contributed by atoms with E-state index in [0.29, 0.717) is 15.9 Å². The third kappa shape index (κ3) is 4.29. The molecule has 0 amide bonds. The number of nitrogens with zero attached hydrogens (tertiary/aromatic N) is 2. The molecule has 1 heterocycles. The van der Waals surface area contributed by atoms with Gasteiger partial charge in [-0.25, -0.2) is 4.98 Å². The van der Waals surface area contributed by atoms with Crippen LogP contribution in [0.1, 0.15) is 6.42 Å². The van der Waals surface area contributed by atoms with Gasteiger partial charge in [-0.2, -0.15) is 0 Å². The van der Waals surface area contributed by atoms with E-state index in [0.717, 1.165) is 19.5 Å². The van der Waals surface area contributed by atoms with Gasteiger partial charge in [-0.15, -0.1) is 0 Å². The molecule has 5 heteroatoms. The lowest BCUT2D eigenvalue weighted by atomic mass is 10.3. The van der Waals surface area contributed by atoms with E-state index in [4.69, 9.17) is 23.2 Å². The molecule has 2 rings (SSSR count). The molecule has 1 aromatic carbocycles. The van der Waals surface area contributed by atoms with E-state index < -0.39 is 0 Å². The van der Waals surface area contributed by atoms with E-state index in [2.05, 4.69) is 34.4 Å². The standard InChI is InChI=1S/C15H17Cl2N3/c1-20(13-6-3-2-4-7-13)9-5-8-18-15-14(17)10-12(16)11-19-15/h2-4,6-7,10-11H,5,8-9H2,1H3,(H,18,19). The van der Waals surface area contributed by atoms with Crippen LogP contribution >= 0.6 is 23.2 Å². The molecule has 0 aliphatic heterocycles. The van der Waals surface area contributed by atoms with Crippen molar-refractivity contribution < 1.29 is 0 Å². The average Bonchev–Trinajstić information content (AvgIpc) is 2.46. The quantitative estimate of drug-likeness (QED) is 0.805. The first-order valence-electron chi connectivity index (χ1n) is 6.48. The molecule has 0 aliphatic rings. The molecule has 0 aliphatic carbocycles. The van der Waals surface area contributed by atoms with Crippen molar-refractivity contribution >= 4 is 34.7 Å². The molecule has 0 radical (unpaired) electrons. The predicted octanol–water partition coefficient (Wildman–Crippen LogP) is 4.33. The number of hydrogen-bond donors (Lipinski definition) is 1. The Balaban J connectivity index is 1.76. The van der Waals surface area contributed by atoms with Crippen LogP contribution in [0, 0.1) is 0 Å². The van der Waals surface area contributed by atoms with Crippen LogP contribution in [0.15, 0.2) is 42.6 Å². The highest BCUT2D eigenvalue weighted by Gasteiger charge is 2.03. The minimum absolute atomic E-state index is 0.546. The van der Waals surface area contributed by atoms with Gasteiger partial charge in [0.15, 0.2) is 0 Å². The maximum Gasteiger partial charge on any atom is 0.144 e. The molecule has 0 saturated heterocycles. The van der Waals surface area contributed by atoms with Crippen molar-refractivity contribution in [1.82, 2.24) is 4.98 Å². The zero-order chi connectivity index (χ0) is 14.4. The van der Waals surface area contributed by atoms with Crippen LogP contribution in [0.5, 0.6) is 0 Å². The second-order valence-corrected chi connectivity index (χ2v) is 5.37. The molecule has 0 saturated carbocycles. The summed E-state index contributed by atoms with van der Waals surface area (Å²) in [6.45, 7) is 1.77. The van der Waals surface area contributed by atoms with Crippen LogP contribution in [0.2, 0.25) is 10.0 Å². The molecular formula is C15H17Cl2N3. The zero-order valence-corrected chi connectivity index (χ0v) is 12.8. The van der Waals surface area contributed by atoms with Crippen LogP contribution in [0.4, 0.5) is 11.5 Å². The molecule has 106 valence electrons. The molecule has 3 nitrogen and oxygen atoms in total. The van der Waals surface area contributed by atoms with Gasteiger partial charge in [0.2, 0.25) is 0 Å². The molecule has 0 unspecified atom stereocenters. The van der Waals surface area contributed by atoms with Crippen LogP contribution in [0.25, 0.3) is 0 Å². The average molecular weight is 310 g/mol. The lowest BCUT2D eigenvalue weighted by Crippen LogP contribution is -2.20. The number of rotatable bonds is 6. The van der Waals surface area contributed by atoms with Gasteiger partial charge >= 0.3 is 0 Å². The molecule has 1 aromatic heterocycles. The highest BCUT2D eigenvalue weighted by molar-refractivity contribution is 6.35. The number of nitrogens with one attached hydrogen (secondary N) is 1. The number of pyridine rings is 1. The molecule has 2 aromatic rings. The SMILES string of the molecule is CN(CCCNc1ncc(Cl)cc1Cl)c1ccccc1. The Morgan fingerprint density at radius 1 is 1.20 bits per heavy atom. The molecule has 0 bridgehead atoms. The maximum atomic E-state index is 6.05. The summed E-state index contributed by atoms with van der Waals surface area (Å²) in [5, 5.41) is 4.31. The summed E-state index contributed by atoms with van der Waals surface area (Å²) in [6, 6.07) is 12.0. The number of aromatic nitrogens is 1. The smallest absolute Gasteiger partial charge is 0.144 e. The molecule has 0 spiro atoms. The molecule has 1 N–H and O–H groups in total. The molecular weight excluding hydrogens is 293 g/mol. The Labute approximate surface area is 129 Å². The minimum atomic E-state index is 0.546. The normalized spacial score (nSPS) is 10.3. The van der Waals surface area contributed by atoms with Crippen LogP contribution < -0.4 is 10.2 Å². The van der Waals surface area contributed by atoms with Crippen LogP contribution in [0.3, 0.4) is 0 Å². The second kappa shape index (κ2) is 7.36. The fourth-order valence-electron chi connectivity index (χ4n) is 1.88. The summed E-state index contributed by atoms with van der Waals surface area (Å²) in [5.41, 5.74) is 1.22. The Morgan fingerprint density at radius 3 is 2.65 bits per heavy atom. The van der Waals surface area contributed by atoms with Gasteiger partial charge in [0.25, 0.3) is 0 Å². The first kappa shape index (κ1) is 14.9. The number of para-hydroxylation sites is 1. The van der Waals surface area contributed by atoms with Crippen LogP contribution in [-0.4, -0.2) is 25.1 Å².